The van der Waals surface area contributed by atoms with Crippen molar-refractivity contribution >= 4 is 0 Å². The summed E-state index contributed by atoms with van der Waals surface area (Å²) in [6.07, 6.45) is 0.674. The predicted octanol–water partition coefficient (Wildman–Crippen LogP) is 2.90. The quantitative estimate of drug-likeness (QED) is 0.770. The second kappa shape index (κ2) is 7.76. The lowest BCUT2D eigenvalue weighted by atomic mass is 9.98. The third-order valence-electron chi connectivity index (χ3n) is 3.34. The monoisotopic (exact) mass is 289 g/mol. The van der Waals surface area contributed by atoms with Crippen molar-refractivity contribution in [3.05, 3.63) is 65.5 Å². The van der Waals surface area contributed by atoms with E-state index in [4.69, 9.17) is 9.84 Å². The molecule has 0 spiro atoms. The zero-order chi connectivity index (χ0) is 15.1. The second-order valence-electron chi connectivity index (χ2n) is 4.79. The molecule has 0 aliphatic heterocycles. The first-order chi connectivity index (χ1) is 10.2. The van der Waals surface area contributed by atoms with E-state index in [2.05, 4.69) is 5.32 Å². The van der Waals surface area contributed by atoms with Crippen molar-refractivity contribution in [2.45, 2.75) is 12.5 Å². The summed E-state index contributed by atoms with van der Waals surface area (Å²) in [5.41, 5.74) is 2.06. The summed E-state index contributed by atoms with van der Waals surface area (Å²) in [5.74, 6) is 0.551. The topological polar surface area (TPSA) is 41.5 Å². The van der Waals surface area contributed by atoms with Gasteiger partial charge in [0.1, 0.15) is 11.6 Å². The van der Waals surface area contributed by atoms with Crippen LogP contribution in [0.4, 0.5) is 4.39 Å². The molecule has 0 saturated carbocycles. The summed E-state index contributed by atoms with van der Waals surface area (Å²) < 4.78 is 18.3. The minimum atomic E-state index is -0.248. The summed E-state index contributed by atoms with van der Waals surface area (Å²) in [4.78, 5) is 0. The lowest BCUT2D eigenvalue weighted by Crippen LogP contribution is -2.24. The number of hydrogen-bond acceptors (Lipinski definition) is 3. The molecule has 1 unspecified atom stereocenters. The molecular weight excluding hydrogens is 269 g/mol. The van der Waals surface area contributed by atoms with Gasteiger partial charge in [-0.3, -0.25) is 0 Å². The fraction of sp³-hybridized carbons (Fsp3) is 0.294. The van der Waals surface area contributed by atoms with Gasteiger partial charge in [-0.05, 0) is 48.4 Å². The molecule has 0 heterocycles. The minimum Gasteiger partial charge on any atom is -0.497 e. The highest BCUT2D eigenvalue weighted by Crippen LogP contribution is 2.24. The Bertz CT molecular complexity index is 540. The van der Waals surface area contributed by atoms with Gasteiger partial charge >= 0.3 is 0 Å². The average Bonchev–Trinajstić information content (AvgIpc) is 2.53. The maximum atomic E-state index is 13.1. The molecule has 0 amide bonds. The SMILES string of the molecule is COc1ccc(C(NCCCO)c2ccc(F)cc2)cc1. The van der Waals surface area contributed by atoms with Gasteiger partial charge in [0, 0.05) is 6.61 Å². The molecule has 2 aromatic rings. The Morgan fingerprint density at radius 3 is 2.14 bits per heavy atom. The van der Waals surface area contributed by atoms with Crippen LogP contribution in [0.5, 0.6) is 5.75 Å². The molecule has 0 aliphatic carbocycles. The van der Waals surface area contributed by atoms with Gasteiger partial charge in [-0.15, -0.1) is 0 Å². The first-order valence-electron chi connectivity index (χ1n) is 6.98. The Hall–Kier alpha value is -1.91. The summed E-state index contributed by atoms with van der Waals surface area (Å²) in [6.45, 7) is 0.830. The second-order valence-corrected chi connectivity index (χ2v) is 4.79. The maximum absolute atomic E-state index is 13.1. The van der Waals surface area contributed by atoms with Crippen molar-refractivity contribution < 1.29 is 14.2 Å². The van der Waals surface area contributed by atoms with E-state index < -0.39 is 0 Å². The third-order valence-corrected chi connectivity index (χ3v) is 3.34. The summed E-state index contributed by atoms with van der Waals surface area (Å²) in [7, 11) is 1.63. The smallest absolute Gasteiger partial charge is 0.123 e. The standard InChI is InChI=1S/C17H20FNO2/c1-21-16-9-5-14(6-10-16)17(19-11-2-12-20)13-3-7-15(18)8-4-13/h3-10,17,19-20H,2,11-12H2,1H3. The van der Waals surface area contributed by atoms with Crippen molar-refractivity contribution in [1.29, 1.82) is 0 Å². The minimum absolute atomic E-state index is 0.0388. The van der Waals surface area contributed by atoms with Gasteiger partial charge in [0.05, 0.1) is 13.2 Å². The van der Waals surface area contributed by atoms with E-state index >= 15 is 0 Å². The van der Waals surface area contributed by atoms with Crippen LogP contribution in [0, 0.1) is 5.82 Å². The Balaban J connectivity index is 2.23. The van der Waals surface area contributed by atoms with Gasteiger partial charge in [0.15, 0.2) is 0 Å². The molecule has 0 radical (unpaired) electrons. The van der Waals surface area contributed by atoms with Gasteiger partial charge in [0.2, 0.25) is 0 Å². The van der Waals surface area contributed by atoms with E-state index in [1.165, 1.54) is 12.1 Å². The van der Waals surface area contributed by atoms with E-state index in [0.29, 0.717) is 13.0 Å². The Kier molecular flexibility index (Phi) is 5.72. The highest BCUT2D eigenvalue weighted by Gasteiger charge is 2.13. The van der Waals surface area contributed by atoms with Crippen molar-refractivity contribution in [3.63, 3.8) is 0 Å². The Labute approximate surface area is 124 Å². The number of hydrogen-bond donors (Lipinski definition) is 2. The molecule has 112 valence electrons. The van der Waals surface area contributed by atoms with Gasteiger partial charge in [0.25, 0.3) is 0 Å². The zero-order valence-corrected chi connectivity index (χ0v) is 12.1. The van der Waals surface area contributed by atoms with Crippen LogP contribution in [0.1, 0.15) is 23.6 Å². The fourth-order valence-electron chi connectivity index (χ4n) is 2.21. The predicted molar refractivity (Wildman–Crippen MR) is 80.9 cm³/mol. The summed E-state index contributed by atoms with van der Waals surface area (Å²) in [5, 5.41) is 12.3. The zero-order valence-electron chi connectivity index (χ0n) is 12.1. The van der Waals surface area contributed by atoms with E-state index in [-0.39, 0.29) is 18.5 Å². The molecule has 0 fully saturated rings. The van der Waals surface area contributed by atoms with Crippen molar-refractivity contribution in [2.24, 2.45) is 0 Å². The van der Waals surface area contributed by atoms with Crippen LogP contribution in [0.2, 0.25) is 0 Å². The number of aliphatic hydroxyl groups excluding tert-OH is 1. The van der Waals surface area contributed by atoms with Gasteiger partial charge in [-0.1, -0.05) is 24.3 Å². The lowest BCUT2D eigenvalue weighted by molar-refractivity contribution is 0.284. The number of aliphatic hydroxyl groups is 1. The Morgan fingerprint density at radius 2 is 1.62 bits per heavy atom. The average molecular weight is 289 g/mol. The van der Waals surface area contributed by atoms with Crippen molar-refractivity contribution in [2.75, 3.05) is 20.3 Å². The van der Waals surface area contributed by atoms with Crippen LogP contribution >= 0.6 is 0 Å². The molecule has 0 aromatic heterocycles. The number of halogens is 1. The summed E-state index contributed by atoms with van der Waals surface area (Å²) in [6, 6.07) is 14.2. The first-order valence-corrected chi connectivity index (χ1v) is 6.98. The molecule has 3 nitrogen and oxygen atoms in total. The van der Waals surface area contributed by atoms with Crippen molar-refractivity contribution in [1.82, 2.24) is 5.32 Å². The number of nitrogens with one attached hydrogen (secondary N) is 1. The molecule has 1 atom stereocenters. The normalized spacial score (nSPS) is 12.1. The molecular formula is C17H20FNO2. The first kappa shape index (κ1) is 15.5. The molecule has 2 aromatic carbocycles. The van der Waals surface area contributed by atoms with E-state index in [1.807, 2.05) is 24.3 Å². The van der Waals surface area contributed by atoms with E-state index in [0.717, 1.165) is 16.9 Å². The Morgan fingerprint density at radius 1 is 1.05 bits per heavy atom. The highest BCUT2D eigenvalue weighted by molar-refractivity contribution is 5.35. The number of methoxy groups -OCH3 is 1. The van der Waals surface area contributed by atoms with Crippen LogP contribution in [0.3, 0.4) is 0 Å². The molecule has 2 N–H and O–H groups in total. The van der Waals surface area contributed by atoms with Gasteiger partial charge < -0.3 is 15.2 Å². The lowest BCUT2D eigenvalue weighted by Gasteiger charge is -2.20. The number of rotatable bonds is 7. The van der Waals surface area contributed by atoms with Crippen LogP contribution in [0.15, 0.2) is 48.5 Å². The fourth-order valence-corrected chi connectivity index (χ4v) is 2.21. The molecule has 0 bridgehead atoms. The number of ether oxygens (including phenoxy) is 1. The van der Waals surface area contributed by atoms with Crippen LogP contribution < -0.4 is 10.1 Å². The van der Waals surface area contributed by atoms with Crippen LogP contribution in [0.25, 0.3) is 0 Å². The third kappa shape index (κ3) is 4.28. The summed E-state index contributed by atoms with van der Waals surface area (Å²) >= 11 is 0. The van der Waals surface area contributed by atoms with Gasteiger partial charge in [-0.2, -0.15) is 0 Å². The highest BCUT2D eigenvalue weighted by atomic mass is 19.1. The van der Waals surface area contributed by atoms with E-state index in [9.17, 15) is 4.39 Å². The van der Waals surface area contributed by atoms with Crippen LogP contribution in [-0.4, -0.2) is 25.4 Å². The van der Waals surface area contributed by atoms with Gasteiger partial charge in [-0.25, -0.2) is 4.39 Å². The van der Waals surface area contributed by atoms with Crippen molar-refractivity contribution in [3.8, 4) is 5.75 Å². The molecule has 0 aliphatic rings. The number of benzene rings is 2. The molecule has 21 heavy (non-hydrogen) atoms. The largest absolute Gasteiger partial charge is 0.497 e. The van der Waals surface area contributed by atoms with Crippen LogP contribution in [-0.2, 0) is 0 Å². The molecule has 2 rings (SSSR count). The molecule has 4 heteroatoms. The molecule has 0 saturated heterocycles. The maximum Gasteiger partial charge on any atom is 0.123 e. The van der Waals surface area contributed by atoms with E-state index in [1.54, 1.807) is 19.2 Å².